The van der Waals surface area contributed by atoms with Crippen molar-refractivity contribution in [2.45, 2.75) is 38.1 Å². The molecule has 29 heavy (non-hydrogen) atoms. The van der Waals surface area contributed by atoms with E-state index < -0.39 is 6.04 Å². The van der Waals surface area contributed by atoms with E-state index in [9.17, 15) is 9.59 Å². The second kappa shape index (κ2) is 12.2. The molecule has 2 aromatic carbocycles. The lowest BCUT2D eigenvalue weighted by atomic mass is 10.1. The van der Waals surface area contributed by atoms with Gasteiger partial charge in [0.05, 0.1) is 7.11 Å². The zero-order valence-corrected chi connectivity index (χ0v) is 18.2. The maximum absolute atomic E-state index is 13.0. The summed E-state index contributed by atoms with van der Waals surface area (Å²) in [6.45, 7) is 2.33. The van der Waals surface area contributed by atoms with Crippen LogP contribution < -0.4 is 10.1 Å². The van der Waals surface area contributed by atoms with Crippen LogP contribution in [0.2, 0.25) is 0 Å². The van der Waals surface area contributed by atoms with Gasteiger partial charge in [-0.1, -0.05) is 49.4 Å². The van der Waals surface area contributed by atoms with Gasteiger partial charge in [-0.25, -0.2) is 0 Å². The maximum atomic E-state index is 13.0. The molecule has 0 spiro atoms. The summed E-state index contributed by atoms with van der Waals surface area (Å²) in [5.74, 6) is 2.22. The molecule has 0 saturated carbocycles. The molecule has 2 aromatic rings. The van der Waals surface area contributed by atoms with Crippen molar-refractivity contribution in [3.8, 4) is 5.75 Å². The van der Waals surface area contributed by atoms with Crippen LogP contribution in [0.25, 0.3) is 0 Å². The fraction of sp³-hybridized carbons (Fsp3) is 0.391. The number of methoxy groups -OCH3 is 1. The van der Waals surface area contributed by atoms with E-state index in [-0.39, 0.29) is 11.8 Å². The van der Waals surface area contributed by atoms with E-state index in [0.29, 0.717) is 19.4 Å². The molecule has 1 atom stereocenters. The van der Waals surface area contributed by atoms with Crippen LogP contribution >= 0.6 is 11.8 Å². The molecule has 0 aromatic heterocycles. The van der Waals surface area contributed by atoms with Crippen LogP contribution in [0.3, 0.4) is 0 Å². The van der Waals surface area contributed by atoms with Crippen molar-refractivity contribution in [1.29, 1.82) is 0 Å². The molecule has 2 amide bonds. The Morgan fingerprint density at radius 3 is 2.34 bits per heavy atom. The minimum atomic E-state index is -0.478. The Morgan fingerprint density at radius 2 is 1.76 bits per heavy atom. The fourth-order valence-electron chi connectivity index (χ4n) is 3.08. The van der Waals surface area contributed by atoms with Gasteiger partial charge in [0.15, 0.2) is 0 Å². The third kappa shape index (κ3) is 7.13. The smallest absolute Gasteiger partial charge is 0.242 e. The fourth-order valence-corrected chi connectivity index (χ4v) is 3.97. The number of rotatable bonds is 11. The first kappa shape index (κ1) is 22.8. The van der Waals surface area contributed by atoms with Crippen molar-refractivity contribution in [2.75, 3.05) is 19.9 Å². The first-order valence-electron chi connectivity index (χ1n) is 9.84. The number of hydrogen-bond acceptors (Lipinski definition) is 4. The van der Waals surface area contributed by atoms with E-state index >= 15 is 0 Å². The van der Waals surface area contributed by atoms with E-state index in [1.807, 2.05) is 49.4 Å². The molecule has 0 aliphatic heterocycles. The molecule has 0 aliphatic rings. The first-order valence-corrected chi connectivity index (χ1v) is 11.0. The Bertz CT molecular complexity index is 765. The third-order valence-corrected chi connectivity index (χ3v) is 5.75. The highest BCUT2D eigenvalue weighted by atomic mass is 32.2. The monoisotopic (exact) mass is 414 g/mol. The Labute approximate surface area is 177 Å². The van der Waals surface area contributed by atoms with Crippen LogP contribution in [0, 0.1) is 0 Å². The van der Waals surface area contributed by atoms with Crippen molar-refractivity contribution in [3.05, 3.63) is 65.7 Å². The summed E-state index contributed by atoms with van der Waals surface area (Å²) in [6.07, 6.45) is 0.972. The van der Waals surface area contributed by atoms with Gasteiger partial charge in [-0.2, -0.15) is 11.8 Å². The zero-order chi connectivity index (χ0) is 21.1. The summed E-state index contributed by atoms with van der Waals surface area (Å²) in [5, 5.41) is 2.69. The summed E-state index contributed by atoms with van der Waals surface area (Å²) in [5.41, 5.74) is 2.22. The largest absolute Gasteiger partial charge is 0.497 e. The average molecular weight is 415 g/mol. The number of hydrogen-bond donors (Lipinski definition) is 1. The second-order valence-corrected chi connectivity index (χ2v) is 7.80. The Balaban J connectivity index is 2.02. The predicted molar refractivity (Wildman–Crippen MR) is 119 cm³/mol. The molecule has 0 bridgehead atoms. The van der Waals surface area contributed by atoms with Gasteiger partial charge in [-0.3, -0.25) is 9.59 Å². The van der Waals surface area contributed by atoms with E-state index in [1.165, 1.54) is 5.56 Å². The van der Waals surface area contributed by atoms with Crippen LogP contribution in [0.15, 0.2) is 54.6 Å². The maximum Gasteiger partial charge on any atom is 0.242 e. The number of carbonyl (C=O) groups excluding carboxylic acids is 2. The average Bonchev–Trinajstić information content (AvgIpc) is 2.77. The lowest BCUT2D eigenvalue weighted by molar-refractivity contribution is -0.140. The minimum absolute atomic E-state index is 0.00294. The Morgan fingerprint density at radius 1 is 1.07 bits per heavy atom. The lowest BCUT2D eigenvalue weighted by Crippen LogP contribution is -2.48. The summed E-state index contributed by atoms with van der Waals surface area (Å²) in [6, 6.07) is 17.3. The molecule has 5 nitrogen and oxygen atoms in total. The van der Waals surface area contributed by atoms with E-state index in [0.717, 1.165) is 22.8 Å². The molecule has 0 fully saturated rings. The van der Waals surface area contributed by atoms with Gasteiger partial charge in [0.1, 0.15) is 11.8 Å². The van der Waals surface area contributed by atoms with Crippen LogP contribution in [0.5, 0.6) is 5.75 Å². The molecular weight excluding hydrogens is 384 g/mol. The van der Waals surface area contributed by atoms with Crippen LogP contribution in [0.1, 0.15) is 30.9 Å². The summed E-state index contributed by atoms with van der Waals surface area (Å²) in [7, 11) is 3.23. The summed E-state index contributed by atoms with van der Waals surface area (Å²) < 4.78 is 5.20. The summed E-state index contributed by atoms with van der Waals surface area (Å²) >= 11 is 1.73. The van der Waals surface area contributed by atoms with E-state index in [1.54, 1.807) is 30.8 Å². The summed E-state index contributed by atoms with van der Waals surface area (Å²) in [4.78, 5) is 27.1. The van der Waals surface area contributed by atoms with Gasteiger partial charge in [0.2, 0.25) is 11.8 Å². The Hall–Kier alpha value is -2.47. The quantitative estimate of drug-likeness (QED) is 0.567. The predicted octanol–water partition coefficient (Wildman–Crippen LogP) is 3.87. The topological polar surface area (TPSA) is 58.6 Å². The number of nitrogens with zero attached hydrogens (tertiary/aromatic N) is 1. The van der Waals surface area contributed by atoms with Gasteiger partial charge in [-0.05, 0) is 29.7 Å². The second-order valence-electron chi connectivity index (χ2n) is 6.70. The highest BCUT2D eigenvalue weighted by Gasteiger charge is 2.27. The molecule has 6 heteroatoms. The number of thioether (sulfide) groups is 1. The SMILES string of the molecule is CC[C@H](C(=O)NC)N(Cc1ccc(OC)cc1)C(=O)CCSCc1ccccc1. The van der Waals surface area contributed by atoms with Crippen molar-refractivity contribution >= 4 is 23.6 Å². The molecule has 0 radical (unpaired) electrons. The van der Waals surface area contributed by atoms with Crippen LogP contribution in [-0.4, -0.2) is 42.7 Å². The van der Waals surface area contributed by atoms with Gasteiger partial charge in [0.25, 0.3) is 0 Å². The lowest BCUT2D eigenvalue weighted by Gasteiger charge is -2.30. The molecule has 0 saturated heterocycles. The van der Waals surface area contributed by atoms with Crippen molar-refractivity contribution in [1.82, 2.24) is 10.2 Å². The molecule has 0 aliphatic carbocycles. The molecule has 0 heterocycles. The third-order valence-electron chi connectivity index (χ3n) is 4.72. The standard InChI is InChI=1S/C23H30N2O3S/c1-4-21(23(27)24-2)25(16-18-10-12-20(28-3)13-11-18)22(26)14-15-29-17-19-8-6-5-7-9-19/h5-13,21H,4,14-17H2,1-3H3,(H,24,27)/t21-/m1/s1. The molecule has 1 N–H and O–H groups in total. The number of amides is 2. The van der Waals surface area contributed by atoms with Crippen molar-refractivity contribution in [3.63, 3.8) is 0 Å². The van der Waals surface area contributed by atoms with Gasteiger partial charge in [0, 0.05) is 31.5 Å². The molecular formula is C23H30N2O3S. The zero-order valence-electron chi connectivity index (χ0n) is 17.4. The van der Waals surface area contributed by atoms with Crippen LogP contribution in [-0.2, 0) is 21.9 Å². The molecule has 2 rings (SSSR count). The highest BCUT2D eigenvalue weighted by Crippen LogP contribution is 2.18. The number of likely N-dealkylation sites (N-methyl/N-ethyl adjacent to an activating group) is 1. The van der Waals surface area contributed by atoms with Gasteiger partial charge < -0.3 is 15.0 Å². The minimum Gasteiger partial charge on any atom is -0.497 e. The number of benzene rings is 2. The number of ether oxygens (including phenoxy) is 1. The van der Waals surface area contributed by atoms with Gasteiger partial charge in [-0.15, -0.1) is 0 Å². The van der Waals surface area contributed by atoms with Crippen LogP contribution in [0.4, 0.5) is 0 Å². The highest BCUT2D eigenvalue weighted by molar-refractivity contribution is 7.98. The first-order chi connectivity index (χ1) is 14.1. The molecule has 0 unspecified atom stereocenters. The number of carbonyl (C=O) groups is 2. The van der Waals surface area contributed by atoms with Gasteiger partial charge >= 0.3 is 0 Å². The van der Waals surface area contributed by atoms with Crippen molar-refractivity contribution in [2.24, 2.45) is 0 Å². The Kier molecular flexibility index (Phi) is 9.57. The normalized spacial score (nSPS) is 11.6. The van der Waals surface area contributed by atoms with Crippen molar-refractivity contribution < 1.29 is 14.3 Å². The van der Waals surface area contributed by atoms with E-state index in [2.05, 4.69) is 17.4 Å². The molecule has 156 valence electrons. The number of nitrogens with one attached hydrogen (secondary N) is 1. The van der Waals surface area contributed by atoms with E-state index in [4.69, 9.17) is 4.74 Å².